The number of rotatable bonds is 6. The van der Waals surface area contributed by atoms with Crippen molar-refractivity contribution in [1.29, 1.82) is 0 Å². The highest BCUT2D eigenvalue weighted by atomic mass is 32.1. The van der Waals surface area contributed by atoms with Gasteiger partial charge in [0.2, 0.25) is 0 Å². The third kappa shape index (κ3) is 5.54. The molecule has 11 rings (SSSR count). The van der Waals surface area contributed by atoms with Crippen LogP contribution in [0.2, 0.25) is 0 Å². The Hall–Kier alpha value is -6.94. The fourth-order valence-electron chi connectivity index (χ4n) is 8.90. The zero-order chi connectivity index (χ0) is 37.9. The van der Waals surface area contributed by atoms with Gasteiger partial charge in [-0.1, -0.05) is 164 Å². The second-order valence-corrected chi connectivity index (χ2v) is 16.1. The van der Waals surface area contributed by atoms with Crippen LogP contribution in [0.4, 0.5) is 0 Å². The molecule has 2 nitrogen and oxygen atoms in total. The van der Waals surface area contributed by atoms with Crippen molar-refractivity contribution in [1.82, 2.24) is 9.97 Å². The summed E-state index contributed by atoms with van der Waals surface area (Å²) in [4.78, 5) is 10.5. The Morgan fingerprint density at radius 1 is 0.386 bits per heavy atom. The van der Waals surface area contributed by atoms with Crippen LogP contribution in [0.15, 0.2) is 200 Å². The van der Waals surface area contributed by atoms with E-state index in [1.165, 1.54) is 64.7 Å². The standard InChI is InChI=1S/C54H36N2S/c1-54(41-21-9-4-10-22-41)46-25-14-24-42(35-15-5-2-6-16-35)52(46)44-29-27-40(33-47(44)54)49-34-48(55-53(56-49)36-17-7-3-8-18-36)39-20-13-19-37(31-39)38-28-30-51-45(32-38)43-23-11-12-26-50(43)57-51/h2-34H,1H3. The monoisotopic (exact) mass is 744 g/mol. The lowest BCUT2D eigenvalue weighted by molar-refractivity contribution is 0.714. The van der Waals surface area contributed by atoms with E-state index in [0.717, 1.165) is 33.6 Å². The summed E-state index contributed by atoms with van der Waals surface area (Å²) < 4.78 is 2.62. The Morgan fingerprint density at radius 3 is 1.77 bits per heavy atom. The van der Waals surface area contributed by atoms with E-state index < -0.39 is 0 Å². The first-order valence-corrected chi connectivity index (χ1v) is 20.3. The Balaban J connectivity index is 1.08. The van der Waals surface area contributed by atoms with E-state index in [0.29, 0.717) is 5.82 Å². The van der Waals surface area contributed by atoms with Crippen molar-refractivity contribution in [2.45, 2.75) is 12.3 Å². The van der Waals surface area contributed by atoms with E-state index in [2.05, 4.69) is 201 Å². The molecular weight excluding hydrogens is 709 g/mol. The molecule has 2 heterocycles. The maximum Gasteiger partial charge on any atom is 0.160 e. The topological polar surface area (TPSA) is 25.8 Å². The number of thiophene rings is 1. The normalized spacial score (nSPS) is 14.5. The predicted octanol–water partition coefficient (Wildman–Crippen LogP) is 14.5. The molecule has 1 aliphatic rings. The van der Waals surface area contributed by atoms with Gasteiger partial charge in [-0.2, -0.15) is 0 Å². The van der Waals surface area contributed by atoms with Crippen LogP contribution in [0, 0.1) is 0 Å². The number of benzene rings is 8. The van der Waals surface area contributed by atoms with Crippen LogP contribution < -0.4 is 0 Å². The van der Waals surface area contributed by atoms with E-state index in [-0.39, 0.29) is 5.41 Å². The lowest BCUT2D eigenvalue weighted by Gasteiger charge is -2.28. The molecule has 268 valence electrons. The van der Waals surface area contributed by atoms with Crippen LogP contribution in [-0.4, -0.2) is 9.97 Å². The van der Waals surface area contributed by atoms with Gasteiger partial charge >= 0.3 is 0 Å². The fourth-order valence-corrected chi connectivity index (χ4v) is 9.99. The van der Waals surface area contributed by atoms with E-state index in [1.807, 2.05) is 17.4 Å². The summed E-state index contributed by atoms with van der Waals surface area (Å²) in [5.41, 5.74) is 15.8. The van der Waals surface area contributed by atoms with Crippen molar-refractivity contribution in [3.05, 3.63) is 217 Å². The fraction of sp³-hybridized carbons (Fsp3) is 0.0370. The van der Waals surface area contributed by atoms with E-state index in [9.17, 15) is 0 Å². The molecule has 1 aliphatic carbocycles. The molecule has 1 atom stereocenters. The largest absolute Gasteiger partial charge is 0.228 e. The quantitative estimate of drug-likeness (QED) is 0.169. The predicted molar refractivity (Wildman–Crippen MR) is 240 cm³/mol. The number of fused-ring (bicyclic) bond motifs is 6. The SMILES string of the molecule is CC1(c2ccccc2)c2cc(-c3cc(-c4cccc(-c5ccc6sc7ccccc7c6c5)c4)nc(-c4ccccc4)n3)ccc2-c2c(-c3ccccc3)cccc21. The average molecular weight is 745 g/mol. The van der Waals surface area contributed by atoms with Crippen molar-refractivity contribution >= 4 is 31.5 Å². The first-order chi connectivity index (χ1) is 28.1. The highest BCUT2D eigenvalue weighted by Crippen LogP contribution is 2.55. The summed E-state index contributed by atoms with van der Waals surface area (Å²) >= 11 is 1.85. The minimum atomic E-state index is -0.367. The molecule has 0 amide bonds. The molecule has 0 saturated heterocycles. The van der Waals surface area contributed by atoms with Crippen LogP contribution in [0.25, 0.3) is 87.5 Å². The third-order valence-electron chi connectivity index (χ3n) is 11.8. The average Bonchev–Trinajstić information content (AvgIpc) is 3.79. The second kappa shape index (κ2) is 13.4. The molecule has 3 heteroatoms. The van der Waals surface area contributed by atoms with Crippen molar-refractivity contribution in [2.24, 2.45) is 0 Å². The second-order valence-electron chi connectivity index (χ2n) is 15.1. The molecular formula is C54H36N2S. The number of aromatic nitrogens is 2. The zero-order valence-corrected chi connectivity index (χ0v) is 32.2. The minimum absolute atomic E-state index is 0.367. The van der Waals surface area contributed by atoms with Crippen molar-refractivity contribution in [3.63, 3.8) is 0 Å². The first kappa shape index (κ1) is 33.4. The van der Waals surface area contributed by atoms with Crippen LogP contribution in [-0.2, 0) is 5.41 Å². The first-order valence-electron chi connectivity index (χ1n) is 19.5. The molecule has 0 spiro atoms. The summed E-state index contributed by atoms with van der Waals surface area (Å²) in [5.74, 6) is 0.709. The van der Waals surface area contributed by atoms with Crippen molar-refractivity contribution < 1.29 is 0 Å². The molecule has 2 aromatic heterocycles. The molecule has 57 heavy (non-hydrogen) atoms. The van der Waals surface area contributed by atoms with Gasteiger partial charge in [-0.05, 0) is 93.4 Å². The summed E-state index contributed by atoms with van der Waals surface area (Å²) in [7, 11) is 0. The Kier molecular flexibility index (Phi) is 7.84. The Bertz CT molecular complexity index is 3130. The van der Waals surface area contributed by atoms with Gasteiger partial charge < -0.3 is 0 Å². The highest BCUT2D eigenvalue weighted by Gasteiger charge is 2.42. The summed E-state index contributed by atoms with van der Waals surface area (Å²) in [5, 5.41) is 2.60. The minimum Gasteiger partial charge on any atom is -0.228 e. The van der Waals surface area contributed by atoms with Gasteiger partial charge in [-0.25, -0.2) is 9.97 Å². The summed E-state index contributed by atoms with van der Waals surface area (Å²) in [6.45, 7) is 2.38. The van der Waals surface area contributed by atoms with Crippen LogP contribution >= 0.6 is 11.3 Å². The van der Waals surface area contributed by atoms with Crippen LogP contribution in [0.5, 0.6) is 0 Å². The van der Waals surface area contributed by atoms with Gasteiger partial charge in [0.1, 0.15) is 0 Å². The zero-order valence-electron chi connectivity index (χ0n) is 31.4. The molecule has 8 aromatic carbocycles. The van der Waals surface area contributed by atoms with Crippen LogP contribution in [0.1, 0.15) is 23.6 Å². The molecule has 1 unspecified atom stereocenters. The van der Waals surface area contributed by atoms with Gasteiger partial charge in [-0.3, -0.25) is 0 Å². The highest BCUT2D eigenvalue weighted by molar-refractivity contribution is 7.25. The Labute approximate surface area is 336 Å². The van der Waals surface area contributed by atoms with Crippen LogP contribution in [0.3, 0.4) is 0 Å². The maximum absolute atomic E-state index is 5.29. The maximum atomic E-state index is 5.29. The van der Waals surface area contributed by atoms with E-state index in [1.54, 1.807) is 0 Å². The smallest absolute Gasteiger partial charge is 0.160 e. The molecule has 0 bridgehead atoms. The van der Waals surface area contributed by atoms with Gasteiger partial charge in [0, 0.05) is 42.3 Å². The molecule has 0 saturated carbocycles. The number of nitrogens with zero attached hydrogens (tertiary/aromatic N) is 2. The van der Waals surface area contributed by atoms with E-state index in [4.69, 9.17) is 9.97 Å². The number of hydrogen-bond donors (Lipinski definition) is 0. The van der Waals surface area contributed by atoms with E-state index >= 15 is 0 Å². The molecule has 0 aliphatic heterocycles. The van der Waals surface area contributed by atoms with Crippen molar-refractivity contribution in [3.8, 4) is 67.3 Å². The third-order valence-corrected chi connectivity index (χ3v) is 12.9. The molecule has 10 aromatic rings. The lowest BCUT2D eigenvalue weighted by atomic mass is 9.73. The molecule has 0 fully saturated rings. The molecule has 0 N–H and O–H groups in total. The van der Waals surface area contributed by atoms with Crippen molar-refractivity contribution in [2.75, 3.05) is 0 Å². The van der Waals surface area contributed by atoms with Gasteiger partial charge in [0.15, 0.2) is 5.82 Å². The molecule has 0 radical (unpaired) electrons. The van der Waals surface area contributed by atoms with Gasteiger partial charge in [0.05, 0.1) is 11.4 Å². The number of hydrogen-bond acceptors (Lipinski definition) is 3. The summed E-state index contributed by atoms with van der Waals surface area (Å²) in [6, 6.07) is 72.3. The lowest BCUT2D eigenvalue weighted by Crippen LogP contribution is -2.22. The summed E-state index contributed by atoms with van der Waals surface area (Å²) in [6.07, 6.45) is 0. The Morgan fingerprint density at radius 2 is 0.982 bits per heavy atom. The van der Waals surface area contributed by atoms with Gasteiger partial charge in [-0.15, -0.1) is 11.3 Å². The van der Waals surface area contributed by atoms with Gasteiger partial charge in [0.25, 0.3) is 0 Å².